The van der Waals surface area contributed by atoms with Crippen LogP contribution in [-0.2, 0) is 4.74 Å². The van der Waals surface area contributed by atoms with Crippen LogP contribution in [0.1, 0.15) is 71.6 Å². The number of rotatable bonds is 7. The molecule has 0 atom stereocenters. The number of hydrogen-bond acceptors (Lipinski definition) is 1. The first kappa shape index (κ1) is 13.0. The SMILES string of the molecule is CCCCCC1CCC(OCCC)CC1. The Bertz CT molecular complexity index is 136. The first-order valence-electron chi connectivity index (χ1n) is 6.98. The zero-order valence-corrected chi connectivity index (χ0v) is 10.6. The highest BCUT2D eigenvalue weighted by molar-refractivity contribution is 4.72. The van der Waals surface area contributed by atoms with Crippen molar-refractivity contribution in [2.45, 2.75) is 77.7 Å². The predicted octanol–water partition coefficient (Wildman–Crippen LogP) is 4.55. The molecule has 1 rings (SSSR count). The summed E-state index contributed by atoms with van der Waals surface area (Å²) in [5.74, 6) is 1.01. The van der Waals surface area contributed by atoms with Crippen molar-refractivity contribution >= 4 is 0 Å². The lowest BCUT2D eigenvalue weighted by Gasteiger charge is -2.28. The molecule has 1 nitrogen and oxygen atoms in total. The van der Waals surface area contributed by atoms with Crippen LogP contribution in [-0.4, -0.2) is 12.7 Å². The van der Waals surface area contributed by atoms with Gasteiger partial charge in [0.15, 0.2) is 0 Å². The Hall–Kier alpha value is -0.0400. The first-order valence-corrected chi connectivity index (χ1v) is 6.98. The van der Waals surface area contributed by atoms with E-state index >= 15 is 0 Å². The number of hydrogen-bond donors (Lipinski definition) is 0. The summed E-state index contributed by atoms with van der Waals surface area (Å²) in [4.78, 5) is 0. The van der Waals surface area contributed by atoms with Crippen LogP contribution >= 0.6 is 0 Å². The molecule has 0 aromatic heterocycles. The molecule has 0 radical (unpaired) electrons. The molecule has 0 N–H and O–H groups in total. The van der Waals surface area contributed by atoms with Crippen LogP contribution in [0.4, 0.5) is 0 Å². The topological polar surface area (TPSA) is 9.23 Å². The molecule has 0 saturated heterocycles. The average molecular weight is 212 g/mol. The Kier molecular flexibility index (Phi) is 7.08. The lowest BCUT2D eigenvalue weighted by Crippen LogP contribution is -2.22. The van der Waals surface area contributed by atoms with Gasteiger partial charge in [0.05, 0.1) is 6.10 Å². The molecular weight excluding hydrogens is 184 g/mol. The van der Waals surface area contributed by atoms with Crippen molar-refractivity contribution in [1.29, 1.82) is 0 Å². The van der Waals surface area contributed by atoms with Gasteiger partial charge < -0.3 is 4.74 Å². The van der Waals surface area contributed by atoms with Crippen LogP contribution in [0.2, 0.25) is 0 Å². The van der Waals surface area contributed by atoms with E-state index in [9.17, 15) is 0 Å². The van der Waals surface area contributed by atoms with Crippen molar-refractivity contribution in [3.63, 3.8) is 0 Å². The van der Waals surface area contributed by atoms with Gasteiger partial charge >= 0.3 is 0 Å². The second-order valence-electron chi connectivity index (χ2n) is 5.01. The highest BCUT2D eigenvalue weighted by Gasteiger charge is 2.20. The van der Waals surface area contributed by atoms with Gasteiger partial charge in [-0.25, -0.2) is 0 Å². The van der Waals surface area contributed by atoms with Crippen molar-refractivity contribution in [3.8, 4) is 0 Å². The van der Waals surface area contributed by atoms with E-state index in [0.29, 0.717) is 6.10 Å². The van der Waals surface area contributed by atoms with Crippen molar-refractivity contribution in [3.05, 3.63) is 0 Å². The van der Waals surface area contributed by atoms with Gasteiger partial charge in [-0.05, 0) is 38.0 Å². The summed E-state index contributed by atoms with van der Waals surface area (Å²) in [6.07, 6.45) is 12.9. The molecule has 1 aliphatic carbocycles. The Morgan fingerprint density at radius 2 is 1.67 bits per heavy atom. The van der Waals surface area contributed by atoms with Crippen molar-refractivity contribution in [2.75, 3.05) is 6.61 Å². The van der Waals surface area contributed by atoms with E-state index < -0.39 is 0 Å². The maximum Gasteiger partial charge on any atom is 0.0575 e. The first-order chi connectivity index (χ1) is 7.36. The van der Waals surface area contributed by atoms with Crippen LogP contribution in [0.5, 0.6) is 0 Å². The van der Waals surface area contributed by atoms with E-state index in [2.05, 4.69) is 13.8 Å². The Labute approximate surface area is 95.6 Å². The molecule has 0 spiro atoms. The molecule has 0 unspecified atom stereocenters. The maximum atomic E-state index is 5.81. The fourth-order valence-corrected chi connectivity index (χ4v) is 2.55. The van der Waals surface area contributed by atoms with Gasteiger partial charge in [0, 0.05) is 6.61 Å². The lowest BCUT2D eigenvalue weighted by molar-refractivity contribution is 0.0174. The van der Waals surface area contributed by atoms with Gasteiger partial charge in [-0.1, -0.05) is 39.5 Å². The minimum absolute atomic E-state index is 0.590. The van der Waals surface area contributed by atoms with Crippen LogP contribution < -0.4 is 0 Å². The van der Waals surface area contributed by atoms with Gasteiger partial charge in [0.25, 0.3) is 0 Å². The zero-order valence-electron chi connectivity index (χ0n) is 10.6. The van der Waals surface area contributed by atoms with Gasteiger partial charge in [-0.3, -0.25) is 0 Å². The summed E-state index contributed by atoms with van der Waals surface area (Å²) in [5, 5.41) is 0. The minimum atomic E-state index is 0.590. The van der Waals surface area contributed by atoms with Crippen LogP contribution in [0, 0.1) is 5.92 Å². The highest BCUT2D eigenvalue weighted by Crippen LogP contribution is 2.29. The molecule has 0 heterocycles. The molecule has 1 heteroatoms. The Morgan fingerprint density at radius 1 is 0.933 bits per heavy atom. The second kappa shape index (κ2) is 8.15. The summed E-state index contributed by atoms with van der Waals surface area (Å²) in [6, 6.07) is 0. The largest absolute Gasteiger partial charge is 0.378 e. The third-order valence-corrected chi connectivity index (χ3v) is 3.57. The molecule has 1 saturated carbocycles. The monoisotopic (exact) mass is 212 g/mol. The van der Waals surface area contributed by atoms with E-state index in [1.165, 1.54) is 51.4 Å². The quantitative estimate of drug-likeness (QED) is 0.562. The van der Waals surface area contributed by atoms with Crippen LogP contribution in [0.3, 0.4) is 0 Å². The molecule has 1 fully saturated rings. The molecule has 90 valence electrons. The summed E-state index contributed by atoms with van der Waals surface area (Å²) >= 11 is 0. The van der Waals surface area contributed by atoms with Crippen LogP contribution in [0.25, 0.3) is 0 Å². The van der Waals surface area contributed by atoms with E-state index in [-0.39, 0.29) is 0 Å². The molecule has 0 aliphatic heterocycles. The van der Waals surface area contributed by atoms with Crippen molar-refractivity contribution < 1.29 is 4.74 Å². The highest BCUT2D eigenvalue weighted by atomic mass is 16.5. The van der Waals surface area contributed by atoms with E-state index in [4.69, 9.17) is 4.74 Å². The predicted molar refractivity (Wildman–Crippen MR) is 66.1 cm³/mol. The maximum absolute atomic E-state index is 5.81. The average Bonchev–Trinajstić information content (AvgIpc) is 2.28. The van der Waals surface area contributed by atoms with Gasteiger partial charge in [0.2, 0.25) is 0 Å². The summed E-state index contributed by atoms with van der Waals surface area (Å²) in [7, 11) is 0. The Morgan fingerprint density at radius 3 is 2.27 bits per heavy atom. The minimum Gasteiger partial charge on any atom is -0.378 e. The molecule has 0 amide bonds. The normalized spacial score (nSPS) is 26.8. The Balaban J connectivity index is 2.02. The van der Waals surface area contributed by atoms with E-state index in [0.717, 1.165) is 18.9 Å². The van der Waals surface area contributed by atoms with Gasteiger partial charge in [-0.15, -0.1) is 0 Å². The molecule has 0 aromatic rings. The second-order valence-corrected chi connectivity index (χ2v) is 5.01. The van der Waals surface area contributed by atoms with Crippen molar-refractivity contribution in [1.82, 2.24) is 0 Å². The van der Waals surface area contributed by atoms with E-state index in [1.807, 2.05) is 0 Å². The third-order valence-electron chi connectivity index (χ3n) is 3.57. The molecule has 1 aliphatic rings. The summed E-state index contributed by atoms with van der Waals surface area (Å²) in [6.45, 7) is 5.44. The van der Waals surface area contributed by atoms with Gasteiger partial charge in [-0.2, -0.15) is 0 Å². The molecule has 15 heavy (non-hydrogen) atoms. The van der Waals surface area contributed by atoms with Crippen LogP contribution in [0.15, 0.2) is 0 Å². The standard InChI is InChI=1S/C14H28O/c1-3-5-6-7-13-8-10-14(11-9-13)15-12-4-2/h13-14H,3-12H2,1-2H3. The molecule has 0 aromatic carbocycles. The molecular formula is C14H28O. The summed E-state index contributed by atoms with van der Waals surface area (Å²) in [5.41, 5.74) is 0. The number of ether oxygens (including phenoxy) is 1. The third kappa shape index (κ3) is 5.55. The lowest BCUT2D eigenvalue weighted by atomic mass is 9.84. The number of unbranched alkanes of at least 4 members (excludes halogenated alkanes) is 2. The van der Waals surface area contributed by atoms with E-state index in [1.54, 1.807) is 0 Å². The summed E-state index contributed by atoms with van der Waals surface area (Å²) < 4.78 is 5.81. The fourth-order valence-electron chi connectivity index (χ4n) is 2.55. The van der Waals surface area contributed by atoms with Crippen molar-refractivity contribution in [2.24, 2.45) is 5.92 Å². The molecule has 0 bridgehead atoms. The van der Waals surface area contributed by atoms with Gasteiger partial charge in [0.1, 0.15) is 0 Å². The fraction of sp³-hybridized carbons (Fsp3) is 1.00. The zero-order chi connectivity index (χ0) is 10.9. The smallest absolute Gasteiger partial charge is 0.0575 e.